The van der Waals surface area contributed by atoms with Crippen molar-refractivity contribution in [1.29, 1.82) is 5.41 Å². The molecule has 0 atom stereocenters. The maximum absolute atomic E-state index is 7.30. The van der Waals surface area contributed by atoms with Crippen molar-refractivity contribution in [1.82, 2.24) is 9.80 Å². The maximum atomic E-state index is 7.30. The van der Waals surface area contributed by atoms with Crippen LogP contribution < -0.4 is 15.2 Å². The van der Waals surface area contributed by atoms with E-state index in [9.17, 15) is 0 Å². The summed E-state index contributed by atoms with van der Waals surface area (Å²) >= 11 is 0. The Kier molecular flexibility index (Phi) is 6.67. The first-order valence-electron chi connectivity index (χ1n) is 8.11. The molecule has 1 aromatic rings. The first kappa shape index (κ1) is 17.6. The number of hydrogen-bond acceptors (Lipinski definition) is 5. The Labute approximate surface area is 138 Å². The zero-order valence-corrected chi connectivity index (χ0v) is 14.2. The molecular weight excluding hydrogens is 292 g/mol. The second-order valence-corrected chi connectivity index (χ2v) is 5.90. The van der Waals surface area contributed by atoms with Crippen molar-refractivity contribution in [3.63, 3.8) is 0 Å². The normalized spacial score (nSPS) is 16.3. The SMILES string of the molecule is COc1ccc(CCN2CCN(CCC(=N)N)CC2)cc1OC. The molecular formula is C17H28N4O2. The molecule has 6 heteroatoms. The predicted molar refractivity (Wildman–Crippen MR) is 92.7 cm³/mol. The molecule has 6 nitrogen and oxygen atoms in total. The third-order valence-corrected chi connectivity index (χ3v) is 4.33. The fourth-order valence-electron chi connectivity index (χ4n) is 2.84. The van der Waals surface area contributed by atoms with E-state index in [1.165, 1.54) is 5.56 Å². The zero-order valence-electron chi connectivity index (χ0n) is 14.2. The van der Waals surface area contributed by atoms with E-state index in [2.05, 4.69) is 21.9 Å². The number of rotatable bonds is 8. The van der Waals surface area contributed by atoms with Crippen LogP contribution in [-0.2, 0) is 6.42 Å². The highest BCUT2D eigenvalue weighted by atomic mass is 16.5. The molecule has 0 bridgehead atoms. The van der Waals surface area contributed by atoms with Crippen LogP contribution in [0.1, 0.15) is 12.0 Å². The number of benzene rings is 1. The third-order valence-electron chi connectivity index (χ3n) is 4.33. The van der Waals surface area contributed by atoms with E-state index in [4.69, 9.17) is 20.6 Å². The van der Waals surface area contributed by atoms with Gasteiger partial charge in [-0.1, -0.05) is 6.07 Å². The zero-order chi connectivity index (χ0) is 16.7. The molecule has 0 aliphatic carbocycles. The van der Waals surface area contributed by atoms with E-state index in [-0.39, 0.29) is 5.84 Å². The number of amidine groups is 1. The molecule has 0 aromatic heterocycles. The lowest BCUT2D eigenvalue weighted by Gasteiger charge is -2.34. The summed E-state index contributed by atoms with van der Waals surface area (Å²) in [6.07, 6.45) is 1.68. The van der Waals surface area contributed by atoms with Gasteiger partial charge >= 0.3 is 0 Å². The van der Waals surface area contributed by atoms with Gasteiger partial charge < -0.3 is 25.0 Å². The van der Waals surface area contributed by atoms with Crippen molar-refractivity contribution in [2.75, 3.05) is 53.5 Å². The summed E-state index contributed by atoms with van der Waals surface area (Å²) in [4.78, 5) is 4.87. The minimum atomic E-state index is 0.279. The number of hydrogen-bond donors (Lipinski definition) is 2. The molecule has 1 fully saturated rings. The standard InChI is InChI=1S/C17H28N4O2/c1-22-15-4-3-14(13-16(15)23-2)5-7-20-9-11-21(12-10-20)8-6-17(18)19/h3-4,13H,5-12H2,1-2H3,(H3,18,19). The molecule has 3 N–H and O–H groups in total. The van der Waals surface area contributed by atoms with E-state index < -0.39 is 0 Å². The van der Waals surface area contributed by atoms with Gasteiger partial charge in [-0.3, -0.25) is 5.41 Å². The van der Waals surface area contributed by atoms with Crippen molar-refractivity contribution in [3.8, 4) is 11.5 Å². The van der Waals surface area contributed by atoms with E-state index >= 15 is 0 Å². The number of methoxy groups -OCH3 is 2. The average molecular weight is 320 g/mol. The van der Waals surface area contributed by atoms with Crippen LogP contribution in [0.15, 0.2) is 18.2 Å². The van der Waals surface area contributed by atoms with Gasteiger partial charge in [0.1, 0.15) is 0 Å². The number of piperazine rings is 1. The van der Waals surface area contributed by atoms with Gasteiger partial charge in [0.2, 0.25) is 0 Å². The Balaban J connectivity index is 1.76. The van der Waals surface area contributed by atoms with Gasteiger partial charge in [0.25, 0.3) is 0 Å². The number of nitrogens with zero attached hydrogens (tertiary/aromatic N) is 2. The molecule has 1 heterocycles. The molecule has 1 aromatic carbocycles. The van der Waals surface area contributed by atoms with Gasteiger partial charge in [0, 0.05) is 45.7 Å². The van der Waals surface area contributed by atoms with Crippen molar-refractivity contribution in [3.05, 3.63) is 23.8 Å². The van der Waals surface area contributed by atoms with Gasteiger partial charge in [-0.05, 0) is 24.1 Å². The van der Waals surface area contributed by atoms with Crippen LogP contribution in [0.3, 0.4) is 0 Å². The second kappa shape index (κ2) is 8.74. The number of nitrogens with two attached hydrogens (primary N) is 1. The lowest BCUT2D eigenvalue weighted by Crippen LogP contribution is -2.47. The molecule has 0 radical (unpaired) electrons. The van der Waals surface area contributed by atoms with Gasteiger partial charge in [-0.2, -0.15) is 0 Å². The highest BCUT2D eigenvalue weighted by molar-refractivity contribution is 5.76. The van der Waals surface area contributed by atoms with Crippen molar-refractivity contribution >= 4 is 5.84 Å². The Morgan fingerprint density at radius 3 is 2.22 bits per heavy atom. The summed E-state index contributed by atoms with van der Waals surface area (Å²) in [7, 11) is 3.32. The molecule has 1 aliphatic heterocycles. The summed E-state index contributed by atoms with van der Waals surface area (Å²) in [6, 6.07) is 6.13. The smallest absolute Gasteiger partial charge is 0.160 e. The van der Waals surface area contributed by atoms with Crippen molar-refractivity contribution < 1.29 is 9.47 Å². The molecule has 23 heavy (non-hydrogen) atoms. The summed E-state index contributed by atoms with van der Waals surface area (Å²) < 4.78 is 10.6. The first-order valence-corrected chi connectivity index (χ1v) is 8.11. The highest BCUT2D eigenvalue weighted by Gasteiger charge is 2.16. The lowest BCUT2D eigenvalue weighted by molar-refractivity contribution is 0.136. The topological polar surface area (TPSA) is 74.8 Å². The Morgan fingerprint density at radius 1 is 1.04 bits per heavy atom. The van der Waals surface area contributed by atoms with E-state index in [1.54, 1.807) is 14.2 Å². The maximum Gasteiger partial charge on any atom is 0.160 e. The van der Waals surface area contributed by atoms with Gasteiger partial charge in [0.15, 0.2) is 11.5 Å². The molecule has 2 rings (SSSR count). The minimum Gasteiger partial charge on any atom is -0.493 e. The van der Waals surface area contributed by atoms with Crippen LogP contribution in [0.4, 0.5) is 0 Å². The van der Waals surface area contributed by atoms with Crippen LogP contribution >= 0.6 is 0 Å². The summed E-state index contributed by atoms with van der Waals surface area (Å²) in [5.74, 6) is 1.84. The van der Waals surface area contributed by atoms with Gasteiger partial charge in [0.05, 0.1) is 20.1 Å². The van der Waals surface area contributed by atoms with Crippen LogP contribution in [0, 0.1) is 5.41 Å². The van der Waals surface area contributed by atoms with E-state index in [0.29, 0.717) is 6.42 Å². The summed E-state index contributed by atoms with van der Waals surface area (Å²) in [5, 5.41) is 7.30. The van der Waals surface area contributed by atoms with Crippen LogP contribution in [0.2, 0.25) is 0 Å². The quantitative estimate of drug-likeness (QED) is 0.556. The Morgan fingerprint density at radius 2 is 1.65 bits per heavy atom. The average Bonchev–Trinajstić information content (AvgIpc) is 2.58. The highest BCUT2D eigenvalue weighted by Crippen LogP contribution is 2.27. The fraction of sp³-hybridized carbons (Fsp3) is 0.588. The second-order valence-electron chi connectivity index (χ2n) is 5.90. The van der Waals surface area contributed by atoms with Crippen molar-refractivity contribution in [2.24, 2.45) is 5.73 Å². The Hall–Kier alpha value is -1.79. The van der Waals surface area contributed by atoms with E-state index in [0.717, 1.165) is 57.2 Å². The van der Waals surface area contributed by atoms with Crippen molar-refractivity contribution in [2.45, 2.75) is 12.8 Å². The third kappa shape index (κ3) is 5.41. The predicted octanol–water partition coefficient (Wildman–Crippen LogP) is 1.19. The molecule has 0 amide bonds. The lowest BCUT2D eigenvalue weighted by atomic mass is 10.1. The summed E-state index contributed by atoms with van der Waals surface area (Å²) in [6.45, 7) is 6.21. The molecule has 1 aliphatic rings. The molecule has 0 spiro atoms. The first-order chi connectivity index (χ1) is 11.1. The monoisotopic (exact) mass is 320 g/mol. The van der Waals surface area contributed by atoms with Gasteiger partial charge in [-0.15, -0.1) is 0 Å². The van der Waals surface area contributed by atoms with E-state index in [1.807, 2.05) is 6.07 Å². The van der Waals surface area contributed by atoms with Crippen LogP contribution in [-0.4, -0.2) is 69.1 Å². The largest absolute Gasteiger partial charge is 0.493 e. The minimum absolute atomic E-state index is 0.279. The number of nitrogens with one attached hydrogen (secondary N) is 1. The van der Waals surface area contributed by atoms with Crippen LogP contribution in [0.25, 0.3) is 0 Å². The summed E-state index contributed by atoms with van der Waals surface area (Å²) in [5.41, 5.74) is 6.69. The molecule has 0 saturated carbocycles. The molecule has 1 saturated heterocycles. The molecule has 0 unspecified atom stereocenters. The Bertz CT molecular complexity index is 513. The van der Waals surface area contributed by atoms with Crippen LogP contribution in [0.5, 0.6) is 11.5 Å². The fourth-order valence-corrected chi connectivity index (χ4v) is 2.84. The number of ether oxygens (including phenoxy) is 2. The molecule has 128 valence electrons. The van der Waals surface area contributed by atoms with Gasteiger partial charge in [-0.25, -0.2) is 0 Å².